The second-order valence-electron chi connectivity index (χ2n) is 4.47. The molecule has 0 atom stereocenters. The van der Waals surface area contributed by atoms with E-state index in [2.05, 4.69) is 10.2 Å². The molecule has 1 aromatic carbocycles. The van der Waals surface area contributed by atoms with Gasteiger partial charge in [0.2, 0.25) is 0 Å². The van der Waals surface area contributed by atoms with Gasteiger partial charge in [0.1, 0.15) is 5.82 Å². The molecule has 1 heterocycles. The Balaban J connectivity index is 2.25. The Hall–Kier alpha value is -1.18. The van der Waals surface area contributed by atoms with E-state index in [0.717, 1.165) is 12.8 Å². The van der Waals surface area contributed by atoms with Crippen LogP contribution in [0.15, 0.2) is 23.4 Å². The summed E-state index contributed by atoms with van der Waals surface area (Å²) in [5.41, 5.74) is 0.100. The highest BCUT2D eigenvalue weighted by molar-refractivity contribution is 8.13. The van der Waals surface area contributed by atoms with Crippen LogP contribution in [0.1, 0.15) is 18.9 Å². The molecule has 1 saturated carbocycles. The largest absolute Gasteiger partial charge is 0.296 e. The van der Waals surface area contributed by atoms with E-state index in [0.29, 0.717) is 5.02 Å². The van der Waals surface area contributed by atoms with Gasteiger partial charge < -0.3 is 0 Å². The lowest BCUT2D eigenvalue weighted by Gasteiger charge is -2.08. The molecule has 0 saturated heterocycles. The normalized spacial score (nSPS) is 15.6. The molecule has 1 aromatic heterocycles. The predicted molar refractivity (Wildman–Crippen MR) is 71.7 cm³/mol. The molecular weight excluding hydrogens is 328 g/mol. The van der Waals surface area contributed by atoms with E-state index in [9.17, 15) is 12.8 Å². The number of nitrogens with zero attached hydrogens (tertiary/aromatic N) is 3. The lowest BCUT2D eigenvalue weighted by Crippen LogP contribution is -2.06. The zero-order chi connectivity index (χ0) is 14.5. The maximum Gasteiger partial charge on any atom is 0.296 e. The van der Waals surface area contributed by atoms with E-state index >= 15 is 0 Å². The third-order valence-corrected chi connectivity index (χ3v) is 4.33. The van der Waals surface area contributed by atoms with E-state index in [1.54, 1.807) is 0 Å². The summed E-state index contributed by atoms with van der Waals surface area (Å²) in [5.74, 6) is -0.436. The molecular formula is C11H8Cl2FN3O2S. The van der Waals surface area contributed by atoms with Gasteiger partial charge in [-0.15, -0.1) is 10.2 Å². The fourth-order valence-corrected chi connectivity index (χ4v) is 3.05. The van der Waals surface area contributed by atoms with Crippen molar-refractivity contribution in [1.82, 2.24) is 14.8 Å². The fourth-order valence-electron chi connectivity index (χ4n) is 1.96. The highest BCUT2D eigenvalue weighted by Crippen LogP contribution is 2.41. The molecule has 0 radical (unpaired) electrons. The third kappa shape index (κ3) is 2.41. The average Bonchev–Trinajstić information content (AvgIpc) is 3.09. The highest BCUT2D eigenvalue weighted by atomic mass is 35.7. The van der Waals surface area contributed by atoms with Crippen molar-refractivity contribution < 1.29 is 12.8 Å². The van der Waals surface area contributed by atoms with Crippen molar-refractivity contribution in [2.24, 2.45) is 0 Å². The fraction of sp³-hybridized carbons (Fsp3) is 0.273. The minimum absolute atomic E-state index is 0.0816. The Labute approximate surface area is 123 Å². The summed E-state index contributed by atoms with van der Waals surface area (Å²) in [5, 5.41) is 7.30. The maximum atomic E-state index is 13.9. The van der Waals surface area contributed by atoms with Crippen LogP contribution in [0.3, 0.4) is 0 Å². The van der Waals surface area contributed by atoms with Crippen molar-refractivity contribution in [1.29, 1.82) is 0 Å². The third-order valence-electron chi connectivity index (χ3n) is 2.96. The number of aromatic nitrogens is 3. The zero-order valence-corrected chi connectivity index (χ0v) is 12.3. The molecule has 9 heteroatoms. The Morgan fingerprint density at radius 2 is 2.00 bits per heavy atom. The van der Waals surface area contributed by atoms with Crippen LogP contribution >= 0.6 is 22.3 Å². The summed E-state index contributed by atoms with van der Waals surface area (Å²) in [6.07, 6.45) is 1.54. The van der Waals surface area contributed by atoms with Crippen LogP contribution in [-0.4, -0.2) is 23.2 Å². The van der Waals surface area contributed by atoms with Crippen LogP contribution in [0.2, 0.25) is 5.02 Å². The number of hydrogen-bond donors (Lipinski definition) is 0. The van der Waals surface area contributed by atoms with Crippen molar-refractivity contribution >= 4 is 31.3 Å². The predicted octanol–water partition coefficient (Wildman–Crippen LogP) is 3.00. The molecule has 0 unspecified atom stereocenters. The van der Waals surface area contributed by atoms with Crippen LogP contribution in [0.4, 0.5) is 4.39 Å². The van der Waals surface area contributed by atoms with Gasteiger partial charge in [-0.1, -0.05) is 11.6 Å². The minimum atomic E-state index is -4.04. The molecule has 2 aromatic rings. The molecule has 3 rings (SSSR count). The topological polar surface area (TPSA) is 64.8 Å². The first-order valence-electron chi connectivity index (χ1n) is 5.73. The van der Waals surface area contributed by atoms with Crippen LogP contribution in [-0.2, 0) is 9.05 Å². The van der Waals surface area contributed by atoms with E-state index < -0.39 is 14.9 Å². The molecule has 1 aliphatic carbocycles. The maximum absolute atomic E-state index is 13.9. The van der Waals surface area contributed by atoms with E-state index in [4.69, 9.17) is 22.3 Å². The molecule has 5 nitrogen and oxygen atoms in total. The van der Waals surface area contributed by atoms with Gasteiger partial charge in [-0.2, -0.15) is 0 Å². The minimum Gasteiger partial charge on any atom is -0.294 e. The van der Waals surface area contributed by atoms with Gasteiger partial charge in [-0.05, 0) is 31.0 Å². The molecule has 1 fully saturated rings. The van der Waals surface area contributed by atoms with Gasteiger partial charge >= 0.3 is 0 Å². The van der Waals surface area contributed by atoms with Crippen LogP contribution in [0, 0.1) is 5.82 Å². The first kappa shape index (κ1) is 13.8. The van der Waals surface area contributed by atoms with Crippen molar-refractivity contribution in [2.45, 2.75) is 24.0 Å². The number of hydrogen-bond acceptors (Lipinski definition) is 4. The second-order valence-corrected chi connectivity index (χ2v) is 7.37. The van der Waals surface area contributed by atoms with Crippen molar-refractivity contribution in [3.05, 3.63) is 29.0 Å². The Bertz CT molecular complexity index is 787. The Morgan fingerprint density at radius 1 is 1.30 bits per heavy atom. The molecule has 0 N–H and O–H groups in total. The molecule has 20 heavy (non-hydrogen) atoms. The quantitative estimate of drug-likeness (QED) is 0.809. The van der Waals surface area contributed by atoms with E-state index in [-0.39, 0.29) is 22.6 Å². The monoisotopic (exact) mass is 335 g/mol. The van der Waals surface area contributed by atoms with Crippen molar-refractivity contribution in [3.63, 3.8) is 0 Å². The van der Waals surface area contributed by atoms with E-state index in [1.807, 2.05) is 0 Å². The van der Waals surface area contributed by atoms with Gasteiger partial charge in [-0.3, -0.25) is 4.57 Å². The summed E-state index contributed by atoms with van der Waals surface area (Å²) in [7, 11) is 1.29. The number of benzene rings is 1. The smallest absolute Gasteiger partial charge is 0.294 e. The highest BCUT2D eigenvalue weighted by Gasteiger charge is 2.34. The zero-order valence-electron chi connectivity index (χ0n) is 9.92. The molecule has 106 valence electrons. The summed E-state index contributed by atoms with van der Waals surface area (Å²) in [6.45, 7) is 0. The summed E-state index contributed by atoms with van der Waals surface area (Å²) < 4.78 is 38.3. The summed E-state index contributed by atoms with van der Waals surface area (Å²) in [4.78, 5) is 0. The number of halogens is 3. The van der Waals surface area contributed by atoms with Gasteiger partial charge in [0.15, 0.2) is 5.82 Å². The lowest BCUT2D eigenvalue weighted by atomic mass is 10.2. The van der Waals surface area contributed by atoms with Gasteiger partial charge in [-0.25, -0.2) is 12.8 Å². The van der Waals surface area contributed by atoms with E-state index in [1.165, 1.54) is 22.8 Å². The van der Waals surface area contributed by atoms with Crippen molar-refractivity contribution in [2.75, 3.05) is 0 Å². The molecule has 1 aliphatic rings. The average molecular weight is 336 g/mol. The summed E-state index contributed by atoms with van der Waals surface area (Å²) in [6, 6.07) is 3.89. The SMILES string of the molecule is O=S(=O)(Cl)c1nnc(-c2cc(Cl)ccc2F)n1C1CC1. The van der Waals surface area contributed by atoms with Gasteiger partial charge in [0.25, 0.3) is 14.2 Å². The first-order chi connectivity index (χ1) is 9.38. The molecule has 0 bridgehead atoms. The molecule has 0 spiro atoms. The van der Waals surface area contributed by atoms with Crippen LogP contribution in [0.25, 0.3) is 11.4 Å². The van der Waals surface area contributed by atoms with Gasteiger partial charge in [0.05, 0.1) is 5.56 Å². The Kier molecular flexibility index (Phi) is 3.23. The Morgan fingerprint density at radius 3 is 2.60 bits per heavy atom. The van der Waals surface area contributed by atoms with Crippen LogP contribution in [0.5, 0.6) is 0 Å². The molecule has 0 amide bonds. The number of rotatable bonds is 3. The van der Waals surface area contributed by atoms with Gasteiger partial charge in [0, 0.05) is 21.7 Å². The van der Waals surface area contributed by atoms with Crippen molar-refractivity contribution in [3.8, 4) is 11.4 Å². The first-order valence-corrected chi connectivity index (χ1v) is 8.41. The van der Waals surface area contributed by atoms with Crippen LogP contribution < -0.4 is 0 Å². The summed E-state index contributed by atoms with van der Waals surface area (Å²) >= 11 is 5.84. The standard InChI is InChI=1S/C11H8Cl2FN3O2S/c12-6-1-4-9(14)8(5-6)10-15-16-11(20(13,18)19)17(10)7-2-3-7/h1,4-5,7H,2-3H2. The lowest BCUT2D eigenvalue weighted by molar-refractivity contribution is 0.577. The second kappa shape index (κ2) is 4.68. The molecule has 0 aliphatic heterocycles.